The number of rotatable bonds is 1. The second-order valence-electron chi connectivity index (χ2n) is 3.83. The highest BCUT2D eigenvalue weighted by molar-refractivity contribution is 6.31. The third kappa shape index (κ3) is 1.33. The van der Waals surface area contributed by atoms with Gasteiger partial charge in [-0.2, -0.15) is 0 Å². The van der Waals surface area contributed by atoms with E-state index in [9.17, 15) is 9.59 Å². The van der Waals surface area contributed by atoms with Crippen LogP contribution in [0.4, 0.5) is 9.59 Å². The predicted molar refractivity (Wildman–Crippen MR) is 58.4 cm³/mol. The molecule has 2 heterocycles. The molecule has 4 amide bonds. The summed E-state index contributed by atoms with van der Waals surface area (Å²) < 4.78 is 2.60. The maximum atomic E-state index is 11.8. The summed E-state index contributed by atoms with van der Waals surface area (Å²) in [5.74, 6) is 0. The monoisotopic (exact) mass is 286 g/mol. The molecule has 0 unspecified atom stereocenters. The Hall–Kier alpha value is -0.590. The van der Waals surface area contributed by atoms with Crippen LogP contribution in [-0.2, 0) is 0 Å². The van der Waals surface area contributed by atoms with Crippen LogP contribution in [0.25, 0.3) is 0 Å². The molecule has 2 aliphatic rings. The van der Waals surface area contributed by atoms with Crippen molar-refractivity contribution < 1.29 is 9.59 Å². The average molecular weight is 288 g/mol. The molecule has 0 aromatic heterocycles. The van der Waals surface area contributed by atoms with Gasteiger partial charge in [0.1, 0.15) is 0 Å². The van der Waals surface area contributed by atoms with Crippen molar-refractivity contribution in [2.24, 2.45) is 0 Å². The van der Waals surface area contributed by atoms with Crippen LogP contribution < -0.4 is 0 Å². The normalized spacial score (nSPS) is 29.9. The van der Waals surface area contributed by atoms with Gasteiger partial charge in [0, 0.05) is 41.4 Å². The first kappa shape index (κ1) is 11.9. The molecule has 2 aliphatic heterocycles. The smallest absolute Gasteiger partial charge is 0.295 e. The van der Waals surface area contributed by atoms with Crippen molar-refractivity contribution in [3.8, 4) is 0 Å². The van der Waals surface area contributed by atoms with Crippen molar-refractivity contribution in [1.82, 2.24) is 18.2 Å². The molecule has 0 saturated carbocycles. The lowest BCUT2D eigenvalue weighted by Gasteiger charge is -2.27. The number of fused-ring (bicyclic) bond motifs is 1. The van der Waals surface area contributed by atoms with E-state index in [0.717, 1.165) is 13.3 Å². The van der Waals surface area contributed by atoms with E-state index in [1.54, 1.807) is 13.8 Å². The van der Waals surface area contributed by atoms with Gasteiger partial charge in [-0.3, -0.25) is 4.90 Å². The van der Waals surface area contributed by atoms with Gasteiger partial charge >= 0.3 is 12.1 Å². The summed E-state index contributed by atoms with van der Waals surface area (Å²) >= 11 is 17.4. The largest absolute Gasteiger partial charge is 0.353 e. The lowest BCUT2D eigenvalue weighted by atomic mass is 10.3. The lowest BCUT2D eigenvalue weighted by molar-refractivity contribution is 0.149. The Morgan fingerprint density at radius 2 is 1.38 bits per heavy atom. The van der Waals surface area contributed by atoms with Crippen LogP contribution in [0.2, 0.25) is 0 Å². The Morgan fingerprint density at radius 1 is 0.938 bits per heavy atom. The standard InChI is InChI=1S/C7H9Cl3N4O2/c1-3(2)11-4-5(13(9)6(11)15)14(10)7(16)12(4)8/h3-5H,1-2H3/t4-,5+/m1/s1. The maximum absolute atomic E-state index is 11.8. The van der Waals surface area contributed by atoms with Crippen LogP contribution in [0.1, 0.15) is 13.8 Å². The third-order valence-electron chi connectivity index (χ3n) is 2.57. The number of hydrogen-bond acceptors (Lipinski definition) is 2. The van der Waals surface area contributed by atoms with E-state index in [1.807, 2.05) is 0 Å². The number of urea groups is 2. The van der Waals surface area contributed by atoms with E-state index < -0.39 is 24.4 Å². The maximum Gasteiger partial charge on any atom is 0.353 e. The van der Waals surface area contributed by atoms with E-state index in [4.69, 9.17) is 35.3 Å². The Labute approximate surface area is 108 Å². The first-order valence-corrected chi connectivity index (χ1v) is 5.60. The lowest BCUT2D eigenvalue weighted by Crippen LogP contribution is -2.45. The van der Waals surface area contributed by atoms with Crippen LogP contribution in [0.5, 0.6) is 0 Å². The number of halogens is 3. The van der Waals surface area contributed by atoms with E-state index in [-0.39, 0.29) is 6.04 Å². The summed E-state index contributed by atoms with van der Waals surface area (Å²) in [6.45, 7) is 3.61. The second-order valence-corrected chi connectivity index (χ2v) is 4.92. The summed E-state index contributed by atoms with van der Waals surface area (Å²) in [6, 6.07) is -1.15. The zero-order valence-corrected chi connectivity index (χ0v) is 10.7. The molecule has 16 heavy (non-hydrogen) atoms. The van der Waals surface area contributed by atoms with Gasteiger partial charge in [-0.05, 0) is 13.8 Å². The molecule has 6 nitrogen and oxygen atoms in total. The summed E-state index contributed by atoms with van der Waals surface area (Å²) in [6.07, 6.45) is -1.44. The first-order valence-electron chi connectivity index (χ1n) is 4.59. The molecule has 0 radical (unpaired) electrons. The average Bonchev–Trinajstić information content (AvgIpc) is 2.59. The Balaban J connectivity index is 2.40. The zero-order chi connectivity index (χ0) is 12.2. The van der Waals surface area contributed by atoms with Gasteiger partial charge in [-0.1, -0.05) is 0 Å². The molecule has 9 heteroatoms. The molecule has 0 aromatic carbocycles. The Kier molecular flexibility index (Phi) is 2.76. The second kappa shape index (κ2) is 3.72. The minimum absolute atomic E-state index is 0.138. The van der Waals surface area contributed by atoms with Crippen molar-refractivity contribution in [2.45, 2.75) is 32.2 Å². The van der Waals surface area contributed by atoms with Gasteiger partial charge in [0.15, 0.2) is 12.3 Å². The zero-order valence-electron chi connectivity index (χ0n) is 8.47. The molecule has 2 saturated heterocycles. The number of hydrogen-bond donors (Lipinski definition) is 0. The molecule has 2 atom stereocenters. The highest BCUT2D eigenvalue weighted by Gasteiger charge is 2.60. The molecule has 2 rings (SSSR count). The molecule has 90 valence electrons. The molecule has 0 aromatic rings. The van der Waals surface area contributed by atoms with Gasteiger partial charge < -0.3 is 0 Å². The fourth-order valence-corrected chi connectivity index (χ4v) is 2.78. The van der Waals surface area contributed by atoms with Crippen molar-refractivity contribution in [3.63, 3.8) is 0 Å². The molecule has 0 aliphatic carbocycles. The van der Waals surface area contributed by atoms with Gasteiger partial charge in [0.25, 0.3) is 0 Å². The molecule has 2 fully saturated rings. The molecular weight excluding hydrogens is 278 g/mol. The Bertz CT molecular complexity index is 353. The molecule has 0 bridgehead atoms. The van der Waals surface area contributed by atoms with Crippen molar-refractivity contribution in [2.75, 3.05) is 0 Å². The summed E-state index contributed by atoms with van der Waals surface area (Å²) in [7, 11) is 0. The summed E-state index contributed by atoms with van der Waals surface area (Å²) in [5, 5.41) is 0. The van der Waals surface area contributed by atoms with E-state index >= 15 is 0 Å². The predicted octanol–water partition coefficient (Wildman–Crippen LogP) is 1.98. The quantitative estimate of drug-likeness (QED) is 0.692. The minimum Gasteiger partial charge on any atom is -0.295 e. The SMILES string of the molecule is CC(C)N1C(=O)N(Cl)[C@@H]2[C@H]1N(Cl)C(=O)N2Cl. The fourth-order valence-electron chi connectivity index (χ4n) is 1.87. The van der Waals surface area contributed by atoms with Crippen LogP contribution in [0, 0.1) is 0 Å². The summed E-state index contributed by atoms with van der Waals surface area (Å²) in [4.78, 5) is 24.7. The minimum atomic E-state index is -0.775. The summed E-state index contributed by atoms with van der Waals surface area (Å²) in [5.41, 5.74) is 0. The van der Waals surface area contributed by atoms with Crippen LogP contribution >= 0.6 is 35.3 Å². The van der Waals surface area contributed by atoms with E-state index in [0.29, 0.717) is 0 Å². The topological polar surface area (TPSA) is 47.1 Å². The van der Waals surface area contributed by atoms with Gasteiger partial charge in [-0.15, -0.1) is 0 Å². The highest BCUT2D eigenvalue weighted by Crippen LogP contribution is 2.39. The van der Waals surface area contributed by atoms with Crippen molar-refractivity contribution in [1.29, 1.82) is 0 Å². The highest BCUT2D eigenvalue weighted by atomic mass is 35.5. The Morgan fingerprint density at radius 3 is 1.88 bits per heavy atom. The first-order chi connectivity index (χ1) is 7.37. The number of carbonyl (C=O) groups is 2. The van der Waals surface area contributed by atoms with Gasteiger partial charge in [0.2, 0.25) is 0 Å². The fraction of sp³-hybridized carbons (Fsp3) is 0.714. The van der Waals surface area contributed by atoms with Gasteiger partial charge in [0.05, 0.1) is 0 Å². The molecule has 0 N–H and O–H groups in total. The number of carbonyl (C=O) groups excluding carboxylic acids is 2. The van der Waals surface area contributed by atoms with Crippen LogP contribution in [0.3, 0.4) is 0 Å². The van der Waals surface area contributed by atoms with Gasteiger partial charge in [-0.25, -0.2) is 22.8 Å². The molecule has 0 spiro atoms. The van der Waals surface area contributed by atoms with Crippen molar-refractivity contribution >= 4 is 47.4 Å². The third-order valence-corrected chi connectivity index (χ3v) is 3.61. The number of amides is 4. The number of nitrogens with zero attached hydrogens (tertiary/aromatic N) is 4. The van der Waals surface area contributed by atoms with E-state index in [2.05, 4.69) is 0 Å². The van der Waals surface area contributed by atoms with Crippen molar-refractivity contribution in [3.05, 3.63) is 0 Å². The van der Waals surface area contributed by atoms with Crippen LogP contribution in [-0.4, -0.2) is 48.6 Å². The van der Waals surface area contributed by atoms with E-state index in [1.165, 1.54) is 4.90 Å². The van der Waals surface area contributed by atoms with Crippen LogP contribution in [0.15, 0.2) is 0 Å². The molecular formula is C7H9Cl3N4O2.